The summed E-state index contributed by atoms with van der Waals surface area (Å²) in [6.07, 6.45) is -2.86. The van der Waals surface area contributed by atoms with Crippen LogP contribution in [0.4, 0.5) is 17.6 Å². The summed E-state index contributed by atoms with van der Waals surface area (Å²) in [5, 5.41) is 2.67. The van der Waals surface area contributed by atoms with Crippen molar-refractivity contribution in [3.05, 3.63) is 78.2 Å². The lowest BCUT2D eigenvalue weighted by Gasteiger charge is -2.09. The zero-order chi connectivity index (χ0) is 21.3. The Hall–Kier alpha value is -3.68. The van der Waals surface area contributed by atoms with E-state index < -0.39 is 18.6 Å². The first-order valence-corrected chi connectivity index (χ1v) is 8.99. The molecule has 4 rings (SSSR count). The summed E-state index contributed by atoms with van der Waals surface area (Å²) >= 11 is 0. The van der Waals surface area contributed by atoms with Crippen LogP contribution in [0, 0.1) is 5.82 Å². The number of halogens is 4. The van der Waals surface area contributed by atoms with E-state index in [1.165, 1.54) is 24.3 Å². The molecule has 0 unspecified atom stereocenters. The van der Waals surface area contributed by atoms with Gasteiger partial charge >= 0.3 is 6.18 Å². The highest BCUT2D eigenvalue weighted by atomic mass is 19.4. The molecule has 0 saturated heterocycles. The molecule has 0 saturated carbocycles. The highest BCUT2D eigenvalue weighted by Gasteiger charge is 2.27. The van der Waals surface area contributed by atoms with Crippen LogP contribution in [-0.2, 0) is 0 Å². The molecule has 0 spiro atoms. The molecular weight excluding hydrogens is 398 g/mol. The predicted octanol–water partition coefficient (Wildman–Crippen LogP) is 5.33. The number of benzene rings is 2. The van der Waals surface area contributed by atoms with Crippen molar-refractivity contribution in [2.75, 3.05) is 6.54 Å². The van der Waals surface area contributed by atoms with E-state index >= 15 is 0 Å². The predicted molar refractivity (Wildman–Crippen MR) is 105 cm³/mol. The van der Waals surface area contributed by atoms with E-state index in [4.69, 9.17) is 0 Å². The minimum absolute atomic E-state index is 0.123. The number of alkyl halides is 3. The molecular formula is C22H15F4N3O. The number of nitrogens with one attached hydrogen (secondary N) is 2. The number of carbonyl (C=O) groups is 1. The number of aromatic nitrogens is 2. The van der Waals surface area contributed by atoms with E-state index in [1.54, 1.807) is 30.5 Å². The topological polar surface area (TPSA) is 57.8 Å². The van der Waals surface area contributed by atoms with Gasteiger partial charge in [-0.3, -0.25) is 4.79 Å². The Labute approximate surface area is 168 Å². The molecule has 30 heavy (non-hydrogen) atoms. The van der Waals surface area contributed by atoms with Crippen molar-refractivity contribution in [3.8, 4) is 22.4 Å². The van der Waals surface area contributed by atoms with Crippen molar-refractivity contribution >= 4 is 16.9 Å². The van der Waals surface area contributed by atoms with E-state index in [-0.39, 0.29) is 11.4 Å². The molecule has 0 atom stereocenters. The van der Waals surface area contributed by atoms with Gasteiger partial charge in [0.05, 0.1) is 0 Å². The Bertz CT molecular complexity index is 1210. The van der Waals surface area contributed by atoms with Crippen LogP contribution in [0.5, 0.6) is 0 Å². The molecule has 4 nitrogen and oxygen atoms in total. The van der Waals surface area contributed by atoms with Crippen LogP contribution in [0.1, 0.15) is 10.4 Å². The van der Waals surface area contributed by atoms with Gasteiger partial charge in [-0.25, -0.2) is 9.37 Å². The molecule has 4 aromatic rings. The van der Waals surface area contributed by atoms with Crippen molar-refractivity contribution in [1.82, 2.24) is 15.3 Å². The first-order chi connectivity index (χ1) is 14.3. The average molecular weight is 413 g/mol. The fraction of sp³-hybridized carbons (Fsp3) is 0.0909. The minimum Gasteiger partial charge on any atom is -0.343 e. The lowest BCUT2D eigenvalue weighted by atomic mass is 10.0. The number of H-pyrrole nitrogens is 1. The summed E-state index contributed by atoms with van der Waals surface area (Å²) < 4.78 is 50.1. The second kappa shape index (κ2) is 7.62. The number of nitrogens with zero attached hydrogens (tertiary/aromatic N) is 1. The van der Waals surface area contributed by atoms with Crippen LogP contribution in [0.25, 0.3) is 33.4 Å². The summed E-state index contributed by atoms with van der Waals surface area (Å²) in [6.45, 7) is -1.39. The van der Waals surface area contributed by atoms with Gasteiger partial charge in [-0.05, 0) is 59.7 Å². The molecule has 8 heteroatoms. The Balaban J connectivity index is 1.62. The third-order valence-electron chi connectivity index (χ3n) is 4.53. The average Bonchev–Trinajstić information content (AvgIpc) is 3.15. The molecule has 0 aliphatic rings. The first kappa shape index (κ1) is 19.6. The Morgan fingerprint density at radius 2 is 1.73 bits per heavy atom. The summed E-state index contributed by atoms with van der Waals surface area (Å²) in [6, 6.07) is 16.1. The smallest absolute Gasteiger partial charge is 0.343 e. The molecule has 152 valence electrons. The molecule has 0 aliphatic carbocycles. The Kier molecular flexibility index (Phi) is 4.99. The molecule has 2 N–H and O–H groups in total. The van der Waals surface area contributed by atoms with E-state index in [2.05, 4.69) is 9.97 Å². The van der Waals surface area contributed by atoms with Crippen LogP contribution >= 0.6 is 0 Å². The van der Waals surface area contributed by atoms with E-state index in [9.17, 15) is 22.4 Å². The lowest BCUT2D eigenvalue weighted by Crippen LogP contribution is -2.33. The Morgan fingerprint density at radius 3 is 2.47 bits per heavy atom. The second-order valence-electron chi connectivity index (χ2n) is 6.73. The molecule has 1 amide bonds. The van der Waals surface area contributed by atoms with Crippen molar-refractivity contribution < 1.29 is 22.4 Å². The van der Waals surface area contributed by atoms with E-state index in [0.29, 0.717) is 16.8 Å². The molecule has 2 aromatic heterocycles. The van der Waals surface area contributed by atoms with Crippen molar-refractivity contribution in [1.29, 1.82) is 0 Å². The van der Waals surface area contributed by atoms with Gasteiger partial charge in [0.1, 0.15) is 18.0 Å². The molecule has 0 radical (unpaired) electrons. The minimum atomic E-state index is -4.47. The van der Waals surface area contributed by atoms with E-state index in [0.717, 1.165) is 16.6 Å². The normalized spacial score (nSPS) is 11.6. The van der Waals surface area contributed by atoms with Crippen LogP contribution < -0.4 is 5.32 Å². The first-order valence-electron chi connectivity index (χ1n) is 8.99. The number of hydrogen-bond donors (Lipinski definition) is 2. The third-order valence-corrected chi connectivity index (χ3v) is 4.53. The monoisotopic (exact) mass is 413 g/mol. The highest BCUT2D eigenvalue weighted by Crippen LogP contribution is 2.27. The van der Waals surface area contributed by atoms with Gasteiger partial charge in [0, 0.05) is 28.4 Å². The van der Waals surface area contributed by atoms with Gasteiger partial charge in [0.25, 0.3) is 5.91 Å². The zero-order valence-electron chi connectivity index (χ0n) is 15.4. The van der Waals surface area contributed by atoms with Crippen molar-refractivity contribution in [2.45, 2.75) is 6.18 Å². The summed E-state index contributed by atoms with van der Waals surface area (Å²) in [5.74, 6) is -1.13. The highest BCUT2D eigenvalue weighted by molar-refractivity contribution is 5.96. The van der Waals surface area contributed by atoms with Crippen LogP contribution in [0.15, 0.2) is 66.9 Å². The van der Waals surface area contributed by atoms with Gasteiger partial charge in [0.2, 0.25) is 0 Å². The van der Waals surface area contributed by atoms with Gasteiger partial charge in [0.15, 0.2) is 0 Å². The number of carbonyl (C=O) groups excluding carboxylic acids is 1. The number of aromatic amines is 1. The second-order valence-corrected chi connectivity index (χ2v) is 6.73. The maximum absolute atomic E-state index is 13.1. The number of fused-ring (bicyclic) bond motifs is 1. The van der Waals surface area contributed by atoms with E-state index in [1.807, 2.05) is 17.4 Å². The molecule has 0 aliphatic heterocycles. The summed E-state index contributed by atoms with van der Waals surface area (Å²) in [7, 11) is 0. The largest absolute Gasteiger partial charge is 0.405 e. The van der Waals surface area contributed by atoms with Crippen LogP contribution in [-0.4, -0.2) is 28.6 Å². The van der Waals surface area contributed by atoms with Gasteiger partial charge in [-0.15, -0.1) is 0 Å². The number of hydrogen-bond acceptors (Lipinski definition) is 2. The van der Waals surface area contributed by atoms with Gasteiger partial charge < -0.3 is 10.3 Å². The number of amides is 1. The number of rotatable bonds is 4. The zero-order valence-corrected chi connectivity index (χ0v) is 15.4. The quantitative estimate of drug-likeness (QED) is 0.445. The molecule has 2 heterocycles. The molecule has 0 fully saturated rings. The standard InChI is InChI=1S/C22H15F4N3O/c23-18-6-4-13(5-7-18)19-10-16-9-17(11-27-20(16)29-19)14-2-1-3-15(8-14)21(30)28-12-22(24,25)26/h1-11H,12H2,(H,27,29)(H,28,30). The third kappa shape index (κ3) is 4.32. The fourth-order valence-corrected chi connectivity index (χ4v) is 3.08. The molecule has 2 aromatic carbocycles. The van der Waals surface area contributed by atoms with Gasteiger partial charge in [-0.1, -0.05) is 12.1 Å². The lowest BCUT2D eigenvalue weighted by molar-refractivity contribution is -0.123. The number of pyridine rings is 1. The fourth-order valence-electron chi connectivity index (χ4n) is 3.08. The molecule has 0 bridgehead atoms. The maximum atomic E-state index is 13.1. The van der Waals surface area contributed by atoms with Gasteiger partial charge in [-0.2, -0.15) is 13.2 Å². The van der Waals surface area contributed by atoms with Crippen LogP contribution in [0.2, 0.25) is 0 Å². The summed E-state index contributed by atoms with van der Waals surface area (Å²) in [5.41, 5.74) is 3.69. The maximum Gasteiger partial charge on any atom is 0.405 e. The summed E-state index contributed by atoms with van der Waals surface area (Å²) in [4.78, 5) is 19.6. The van der Waals surface area contributed by atoms with Crippen LogP contribution in [0.3, 0.4) is 0 Å². The van der Waals surface area contributed by atoms with Crippen molar-refractivity contribution in [3.63, 3.8) is 0 Å². The SMILES string of the molecule is O=C(NCC(F)(F)F)c1cccc(-c2cnc3[nH]c(-c4ccc(F)cc4)cc3c2)c1. The Morgan fingerprint density at radius 1 is 0.967 bits per heavy atom. The van der Waals surface area contributed by atoms with Crippen molar-refractivity contribution in [2.24, 2.45) is 0 Å².